The zero-order valence-electron chi connectivity index (χ0n) is 20.9. The first-order chi connectivity index (χ1) is 18.4. The summed E-state index contributed by atoms with van der Waals surface area (Å²) < 4.78 is 18.8. The molecule has 0 spiro atoms. The summed E-state index contributed by atoms with van der Waals surface area (Å²) in [6.45, 7) is 3.07. The normalized spacial score (nSPS) is 18.8. The molecule has 0 aromatic heterocycles. The van der Waals surface area contributed by atoms with Crippen LogP contribution in [0.2, 0.25) is 5.02 Å². The lowest BCUT2D eigenvalue weighted by atomic mass is 9.97. The Balaban J connectivity index is 1.53. The number of hydrogen-bond donors (Lipinski definition) is 0. The molecule has 2 aliphatic rings. The number of carbonyl (C=O) groups is 3. The third kappa shape index (κ3) is 5.11. The Kier molecular flexibility index (Phi) is 7.63. The second-order valence-electron chi connectivity index (χ2n) is 9.31. The van der Waals surface area contributed by atoms with Gasteiger partial charge in [0.2, 0.25) is 0 Å². The monoisotopic (exact) mass is 550 g/mol. The van der Waals surface area contributed by atoms with Gasteiger partial charge in [-0.1, -0.05) is 35.9 Å². The minimum atomic E-state index is -1.62. The van der Waals surface area contributed by atoms with Gasteiger partial charge in [-0.05, 0) is 67.8 Å². The Labute approximate surface area is 228 Å². The minimum Gasteiger partial charge on any atom is -0.466 e. The van der Waals surface area contributed by atoms with E-state index in [1.165, 1.54) is 0 Å². The lowest BCUT2D eigenvalue weighted by molar-refractivity contribution is -0.149. The van der Waals surface area contributed by atoms with Crippen molar-refractivity contribution in [2.75, 3.05) is 24.6 Å². The zero-order chi connectivity index (χ0) is 26.8. The van der Waals surface area contributed by atoms with Crippen molar-refractivity contribution in [1.82, 2.24) is 4.90 Å². The lowest BCUT2D eigenvalue weighted by Crippen LogP contribution is -2.43. The molecular weight excluding hydrogens is 524 g/mol. The maximum Gasteiger partial charge on any atom is 0.310 e. The van der Waals surface area contributed by atoms with Crippen LogP contribution in [0.15, 0.2) is 76.5 Å². The molecule has 3 aromatic rings. The van der Waals surface area contributed by atoms with E-state index in [2.05, 4.69) is 0 Å². The van der Waals surface area contributed by atoms with Gasteiger partial charge in [0.25, 0.3) is 11.8 Å². The zero-order valence-corrected chi connectivity index (χ0v) is 22.5. The van der Waals surface area contributed by atoms with Gasteiger partial charge in [0.1, 0.15) is 0 Å². The summed E-state index contributed by atoms with van der Waals surface area (Å²) >= 11 is 6.06. The van der Waals surface area contributed by atoms with E-state index in [1.54, 1.807) is 71.3 Å². The number of halogens is 1. The van der Waals surface area contributed by atoms with Gasteiger partial charge in [-0.25, -0.2) is 4.21 Å². The highest BCUT2D eigenvalue weighted by atomic mass is 35.5. The molecule has 2 heterocycles. The van der Waals surface area contributed by atoms with E-state index in [0.29, 0.717) is 57.6 Å². The van der Waals surface area contributed by atoms with Gasteiger partial charge in [-0.15, -0.1) is 0 Å². The third-order valence-corrected chi connectivity index (χ3v) is 8.59. The lowest BCUT2D eigenvalue weighted by Gasteiger charge is -2.32. The van der Waals surface area contributed by atoms with Crippen LogP contribution in [0.5, 0.6) is 0 Å². The molecule has 3 aromatic carbocycles. The van der Waals surface area contributed by atoms with Crippen LogP contribution in [-0.2, 0) is 26.9 Å². The molecule has 2 aliphatic heterocycles. The van der Waals surface area contributed by atoms with Crippen LogP contribution in [0.1, 0.15) is 46.0 Å². The molecule has 0 bridgehead atoms. The summed E-state index contributed by atoms with van der Waals surface area (Å²) in [6, 6.07) is 19.0. The molecule has 0 aliphatic carbocycles. The van der Waals surface area contributed by atoms with E-state index in [9.17, 15) is 18.6 Å². The summed E-state index contributed by atoms with van der Waals surface area (Å²) in [6.07, 6.45) is 1.37. The van der Waals surface area contributed by atoms with Crippen LogP contribution < -0.4 is 4.90 Å². The second kappa shape index (κ2) is 11.1. The predicted octanol–water partition coefficient (Wildman–Crippen LogP) is 5.08. The van der Waals surface area contributed by atoms with E-state index >= 15 is 0 Å². The molecule has 0 saturated carbocycles. The number of benzene rings is 3. The highest BCUT2D eigenvalue weighted by Gasteiger charge is 2.33. The summed E-state index contributed by atoms with van der Waals surface area (Å²) in [5.41, 5.74) is 1.98. The van der Waals surface area contributed by atoms with Gasteiger partial charge in [-0.3, -0.25) is 14.4 Å². The number of nitrogens with zero attached hydrogens (tertiary/aromatic N) is 2. The number of esters is 1. The predicted molar refractivity (Wildman–Crippen MR) is 145 cm³/mol. The summed E-state index contributed by atoms with van der Waals surface area (Å²) in [5.74, 6) is -1.20. The number of amides is 2. The Bertz CT molecular complexity index is 1420. The minimum absolute atomic E-state index is 0.209. The van der Waals surface area contributed by atoms with Crippen molar-refractivity contribution in [1.29, 1.82) is 0 Å². The molecule has 0 radical (unpaired) electrons. The number of ether oxygens (including phenoxy) is 1. The fraction of sp³-hybridized carbons (Fsp3) is 0.276. The smallest absolute Gasteiger partial charge is 0.310 e. The fourth-order valence-corrected chi connectivity index (χ4v) is 6.39. The fourth-order valence-electron chi connectivity index (χ4n) is 4.92. The number of piperidine rings is 1. The molecule has 196 valence electrons. The molecule has 2 atom stereocenters. The van der Waals surface area contributed by atoms with Crippen molar-refractivity contribution in [2.24, 2.45) is 5.92 Å². The van der Waals surface area contributed by atoms with Crippen molar-refractivity contribution in [3.05, 3.63) is 88.4 Å². The van der Waals surface area contributed by atoms with Crippen LogP contribution in [0.4, 0.5) is 5.69 Å². The van der Waals surface area contributed by atoms with Crippen LogP contribution in [0, 0.1) is 5.92 Å². The molecule has 1 fully saturated rings. The molecule has 0 unspecified atom stereocenters. The number of fused-ring (bicyclic) bond motifs is 2. The Morgan fingerprint density at radius 3 is 2.58 bits per heavy atom. The van der Waals surface area contributed by atoms with Crippen molar-refractivity contribution < 1.29 is 23.3 Å². The Morgan fingerprint density at radius 1 is 1.05 bits per heavy atom. The number of carbonyl (C=O) groups excluding carboxylic acids is 3. The van der Waals surface area contributed by atoms with Crippen LogP contribution in [-0.4, -0.2) is 46.6 Å². The van der Waals surface area contributed by atoms with Crippen LogP contribution in [0.3, 0.4) is 0 Å². The SMILES string of the molecule is CCOC(=O)[C@H]1CCCN(C(=O)c2ccc3c(c2)N(Cc2ccc(Cl)cc2)C(=O)c2ccccc2[S@]3=O)C1. The van der Waals surface area contributed by atoms with Crippen LogP contribution in [0.25, 0.3) is 0 Å². The van der Waals surface area contributed by atoms with Gasteiger partial charge < -0.3 is 14.5 Å². The van der Waals surface area contributed by atoms with Crippen molar-refractivity contribution >= 4 is 45.9 Å². The van der Waals surface area contributed by atoms with Crippen LogP contribution >= 0.6 is 11.6 Å². The average Bonchev–Trinajstić information content (AvgIpc) is 3.03. The van der Waals surface area contributed by atoms with E-state index in [1.807, 2.05) is 12.1 Å². The van der Waals surface area contributed by atoms with E-state index < -0.39 is 10.8 Å². The summed E-state index contributed by atoms with van der Waals surface area (Å²) in [4.78, 5) is 43.8. The molecule has 9 heteroatoms. The molecule has 5 rings (SSSR count). The second-order valence-corrected chi connectivity index (χ2v) is 11.2. The van der Waals surface area contributed by atoms with Gasteiger partial charge in [-0.2, -0.15) is 0 Å². The highest BCUT2D eigenvalue weighted by molar-refractivity contribution is 7.85. The maximum atomic E-state index is 13.8. The Hall–Kier alpha value is -3.49. The van der Waals surface area contributed by atoms with Crippen molar-refractivity contribution in [3.63, 3.8) is 0 Å². The first-order valence-electron chi connectivity index (χ1n) is 12.5. The van der Waals surface area contributed by atoms with Gasteiger partial charge in [0.15, 0.2) is 0 Å². The van der Waals surface area contributed by atoms with Gasteiger partial charge >= 0.3 is 5.97 Å². The standard InChI is InChI=1S/C29H27ClN2O5S/c1-2-37-29(35)21-6-5-15-31(18-21)27(33)20-11-14-26-24(16-20)32(17-19-9-12-22(30)13-10-19)28(34)23-7-3-4-8-25(23)38(26)36/h3-4,7-14,16,21H,2,5-6,15,17-18H2,1H3/t21-,38+/m0/s1. The molecular formula is C29H27ClN2O5S. The molecule has 7 nitrogen and oxygen atoms in total. The average molecular weight is 551 g/mol. The van der Waals surface area contributed by atoms with E-state index in [0.717, 1.165) is 5.56 Å². The third-order valence-electron chi connectivity index (χ3n) is 6.84. The first kappa shape index (κ1) is 26.1. The highest BCUT2D eigenvalue weighted by Crippen LogP contribution is 2.36. The Morgan fingerprint density at radius 2 is 1.82 bits per heavy atom. The van der Waals surface area contributed by atoms with Gasteiger partial charge in [0.05, 0.1) is 50.9 Å². The number of rotatable bonds is 5. The molecule has 38 heavy (non-hydrogen) atoms. The number of likely N-dealkylation sites (tertiary alicyclic amines) is 1. The molecule has 2 amide bonds. The molecule has 0 N–H and O–H groups in total. The topological polar surface area (TPSA) is 84.0 Å². The largest absolute Gasteiger partial charge is 0.466 e. The summed E-state index contributed by atoms with van der Waals surface area (Å²) in [5, 5.41) is 0.582. The number of anilines is 1. The number of hydrogen-bond acceptors (Lipinski definition) is 5. The first-order valence-corrected chi connectivity index (χ1v) is 14.1. The summed E-state index contributed by atoms with van der Waals surface area (Å²) in [7, 11) is -1.62. The van der Waals surface area contributed by atoms with Crippen molar-refractivity contribution in [2.45, 2.75) is 36.1 Å². The maximum absolute atomic E-state index is 13.8. The molecule has 1 saturated heterocycles. The van der Waals surface area contributed by atoms with E-state index in [4.69, 9.17) is 16.3 Å². The van der Waals surface area contributed by atoms with Gasteiger partial charge in [0, 0.05) is 23.7 Å². The quantitative estimate of drug-likeness (QED) is 0.414. The van der Waals surface area contributed by atoms with E-state index in [-0.39, 0.29) is 36.8 Å². The van der Waals surface area contributed by atoms with Crippen molar-refractivity contribution in [3.8, 4) is 0 Å².